The number of alkyl halides is 3. The zero-order valence-corrected chi connectivity index (χ0v) is 18.6. The lowest BCUT2D eigenvalue weighted by Gasteiger charge is -2.31. The summed E-state index contributed by atoms with van der Waals surface area (Å²) in [6, 6.07) is 5.09. The Balaban J connectivity index is 1.56. The van der Waals surface area contributed by atoms with Crippen LogP contribution >= 0.6 is 22.7 Å². The summed E-state index contributed by atoms with van der Waals surface area (Å²) in [5, 5.41) is 6.69. The number of halogens is 3. The minimum atomic E-state index is -4.88. The highest BCUT2D eigenvalue weighted by Crippen LogP contribution is 2.38. The Kier molecular flexibility index (Phi) is 6.21. The van der Waals surface area contributed by atoms with Gasteiger partial charge in [-0.2, -0.15) is 24.5 Å². The van der Waals surface area contributed by atoms with Crippen molar-refractivity contribution < 1.29 is 32.3 Å². The molecule has 2 aromatic heterocycles. The molecule has 1 unspecified atom stereocenters. The first kappa shape index (κ1) is 22.9. The monoisotopic (exact) mass is 495 g/mol. The predicted octanol–water partition coefficient (Wildman–Crippen LogP) is 4.64. The van der Waals surface area contributed by atoms with Crippen LogP contribution < -0.4 is 10.2 Å². The number of benzene rings is 1. The topological polar surface area (TPSA) is 88.6 Å². The molecule has 12 heteroatoms. The Morgan fingerprint density at radius 3 is 2.73 bits per heavy atom. The van der Waals surface area contributed by atoms with Crippen molar-refractivity contribution in [3.05, 3.63) is 51.7 Å². The largest absolute Gasteiger partial charge is 0.451 e. The van der Waals surface area contributed by atoms with Crippen LogP contribution in [0.2, 0.25) is 0 Å². The van der Waals surface area contributed by atoms with Crippen molar-refractivity contribution >= 4 is 51.8 Å². The second-order valence-electron chi connectivity index (χ2n) is 7.11. The van der Waals surface area contributed by atoms with Gasteiger partial charge in [0.2, 0.25) is 5.91 Å². The van der Waals surface area contributed by atoms with E-state index in [4.69, 9.17) is 4.74 Å². The number of para-hydroxylation sites is 2. The molecule has 1 atom stereocenters. The van der Waals surface area contributed by atoms with E-state index < -0.39 is 43.0 Å². The number of carbonyl (C=O) groups is 3. The number of fused-ring (bicyclic) bond motifs is 1. The Morgan fingerprint density at radius 2 is 2.03 bits per heavy atom. The average molecular weight is 496 g/mol. The molecule has 0 aliphatic carbocycles. The van der Waals surface area contributed by atoms with Crippen LogP contribution in [0.1, 0.15) is 21.8 Å². The summed E-state index contributed by atoms with van der Waals surface area (Å²) < 4.78 is 46.4. The third-order valence-corrected chi connectivity index (χ3v) is 6.72. The van der Waals surface area contributed by atoms with Gasteiger partial charge in [-0.05, 0) is 30.5 Å². The highest BCUT2D eigenvalue weighted by Gasteiger charge is 2.49. The van der Waals surface area contributed by atoms with Crippen LogP contribution in [0.15, 0.2) is 41.1 Å². The van der Waals surface area contributed by atoms with Gasteiger partial charge < -0.3 is 10.1 Å². The number of anilines is 2. The highest BCUT2D eigenvalue weighted by molar-refractivity contribution is 7.17. The van der Waals surface area contributed by atoms with E-state index in [1.807, 2.05) is 16.8 Å². The quantitative estimate of drug-likeness (QED) is 0.533. The molecule has 2 amide bonds. The molecule has 3 heterocycles. The van der Waals surface area contributed by atoms with Crippen molar-refractivity contribution in [2.45, 2.75) is 25.6 Å². The molecular formula is C21H16F3N3O4S2. The summed E-state index contributed by atoms with van der Waals surface area (Å²) in [4.78, 5) is 42.4. The maximum Gasteiger partial charge on any atom is 0.409 e. The van der Waals surface area contributed by atoms with E-state index >= 15 is 0 Å². The van der Waals surface area contributed by atoms with Crippen molar-refractivity contribution in [1.82, 2.24) is 4.98 Å². The molecule has 0 radical (unpaired) electrons. The lowest BCUT2D eigenvalue weighted by atomic mass is 10.1. The molecule has 172 valence electrons. The minimum Gasteiger partial charge on any atom is -0.451 e. The number of hydrogen-bond donors (Lipinski definition) is 1. The fourth-order valence-electron chi connectivity index (χ4n) is 3.35. The van der Waals surface area contributed by atoms with Gasteiger partial charge in [-0.25, -0.2) is 9.78 Å². The molecule has 1 aliphatic heterocycles. The summed E-state index contributed by atoms with van der Waals surface area (Å²) in [5.41, 5.74) is 1.16. The van der Waals surface area contributed by atoms with Gasteiger partial charge in [-0.3, -0.25) is 14.5 Å². The fourth-order valence-corrected chi connectivity index (χ4v) is 5.03. The number of amides is 2. The lowest BCUT2D eigenvalue weighted by Crippen LogP contribution is -2.51. The van der Waals surface area contributed by atoms with E-state index in [0.29, 0.717) is 15.6 Å². The van der Waals surface area contributed by atoms with Gasteiger partial charge in [0.1, 0.15) is 15.9 Å². The molecule has 4 rings (SSSR count). The summed E-state index contributed by atoms with van der Waals surface area (Å²) in [6.45, 7) is 0.672. The van der Waals surface area contributed by atoms with Crippen molar-refractivity contribution in [3.8, 4) is 10.6 Å². The normalized spacial score (nSPS) is 16.1. The van der Waals surface area contributed by atoms with E-state index in [1.165, 1.54) is 35.6 Å². The molecule has 0 spiro atoms. The van der Waals surface area contributed by atoms with E-state index in [-0.39, 0.29) is 16.3 Å². The third-order valence-electron chi connectivity index (χ3n) is 4.85. The molecule has 1 aliphatic rings. The second kappa shape index (κ2) is 8.94. The Labute approximate surface area is 193 Å². The molecular weight excluding hydrogens is 479 g/mol. The first-order valence-electron chi connectivity index (χ1n) is 9.60. The maximum atomic E-state index is 13.8. The molecule has 1 aromatic carbocycles. The van der Waals surface area contributed by atoms with Gasteiger partial charge >= 0.3 is 12.1 Å². The van der Waals surface area contributed by atoms with E-state index in [2.05, 4.69) is 10.3 Å². The van der Waals surface area contributed by atoms with Crippen LogP contribution in [0.25, 0.3) is 10.6 Å². The minimum absolute atomic E-state index is 0.0626. The van der Waals surface area contributed by atoms with Crippen molar-refractivity contribution in [1.29, 1.82) is 0 Å². The van der Waals surface area contributed by atoms with Crippen LogP contribution in [-0.4, -0.2) is 41.6 Å². The number of nitrogens with zero attached hydrogens (tertiary/aromatic N) is 2. The van der Waals surface area contributed by atoms with Crippen molar-refractivity contribution in [2.24, 2.45) is 0 Å². The van der Waals surface area contributed by atoms with Gasteiger partial charge in [-0.15, -0.1) is 11.3 Å². The standard InChI is InChI=1S/C21H16F3N3O4S2/c1-11-18(33-19(25-11)12-6-7-32-10-12)20(30)31-9-17(29)27-14-5-3-2-4-13(14)26-16(28)8-15(27)21(22,23)24/h2-7,10,15H,8-9H2,1H3,(H,26,28). The third kappa shape index (κ3) is 4.76. The molecule has 0 saturated heterocycles. The van der Waals surface area contributed by atoms with E-state index in [9.17, 15) is 27.6 Å². The molecule has 1 N–H and O–H groups in total. The lowest BCUT2D eigenvalue weighted by molar-refractivity contribution is -0.158. The van der Waals surface area contributed by atoms with Gasteiger partial charge in [0, 0.05) is 10.9 Å². The number of thiophene rings is 1. The number of aryl methyl sites for hydroxylation is 1. The zero-order valence-electron chi connectivity index (χ0n) is 17.0. The Bertz CT molecular complexity index is 1210. The van der Waals surface area contributed by atoms with Crippen LogP contribution in [0.3, 0.4) is 0 Å². The molecule has 0 fully saturated rings. The number of nitrogens with one attached hydrogen (secondary N) is 1. The van der Waals surface area contributed by atoms with Crippen molar-refractivity contribution in [2.75, 3.05) is 16.8 Å². The van der Waals surface area contributed by atoms with E-state index in [0.717, 1.165) is 16.9 Å². The molecule has 0 saturated carbocycles. The van der Waals surface area contributed by atoms with Gasteiger partial charge in [-0.1, -0.05) is 12.1 Å². The number of ether oxygens (including phenoxy) is 1. The number of thiazole rings is 1. The smallest absolute Gasteiger partial charge is 0.409 e. The molecule has 7 nitrogen and oxygen atoms in total. The Hall–Kier alpha value is -3.25. The number of rotatable bonds is 4. The summed E-state index contributed by atoms with van der Waals surface area (Å²) in [7, 11) is 0. The number of esters is 1. The first-order chi connectivity index (χ1) is 15.6. The SMILES string of the molecule is Cc1nc(-c2ccsc2)sc1C(=O)OCC(=O)N1c2ccccc2NC(=O)CC1C(F)(F)F. The number of hydrogen-bond acceptors (Lipinski definition) is 7. The first-order valence-corrected chi connectivity index (χ1v) is 11.4. The maximum absolute atomic E-state index is 13.8. The molecule has 33 heavy (non-hydrogen) atoms. The molecule has 3 aromatic rings. The highest BCUT2D eigenvalue weighted by atomic mass is 32.1. The summed E-state index contributed by atoms with van der Waals surface area (Å²) in [5.74, 6) is -2.84. The second-order valence-corrected chi connectivity index (χ2v) is 8.89. The van der Waals surface area contributed by atoms with Crippen molar-refractivity contribution in [3.63, 3.8) is 0 Å². The molecule has 0 bridgehead atoms. The Morgan fingerprint density at radius 1 is 1.27 bits per heavy atom. The van der Waals surface area contributed by atoms with Gasteiger partial charge in [0.25, 0.3) is 5.91 Å². The summed E-state index contributed by atoms with van der Waals surface area (Å²) >= 11 is 2.54. The van der Waals surface area contributed by atoms with E-state index in [1.54, 1.807) is 6.92 Å². The van der Waals surface area contributed by atoms with Crippen LogP contribution in [-0.2, 0) is 14.3 Å². The zero-order chi connectivity index (χ0) is 23.8. The van der Waals surface area contributed by atoms with Crippen LogP contribution in [0.5, 0.6) is 0 Å². The average Bonchev–Trinajstić information content (AvgIpc) is 3.38. The predicted molar refractivity (Wildman–Crippen MR) is 117 cm³/mol. The summed E-state index contributed by atoms with van der Waals surface area (Å²) in [6.07, 6.45) is -5.85. The van der Waals surface area contributed by atoms with Gasteiger partial charge in [0.15, 0.2) is 6.61 Å². The van der Waals surface area contributed by atoms with Gasteiger partial charge in [0.05, 0.1) is 23.5 Å². The fraction of sp³-hybridized carbons (Fsp3) is 0.238. The van der Waals surface area contributed by atoms with Crippen LogP contribution in [0, 0.1) is 6.92 Å². The number of carbonyl (C=O) groups excluding carboxylic acids is 3. The van der Waals surface area contributed by atoms with Crippen LogP contribution in [0.4, 0.5) is 24.5 Å². The number of aromatic nitrogens is 1.